The number of aliphatic imine (C=N–C) groups is 2. The van der Waals surface area contributed by atoms with E-state index >= 15 is 0 Å². The van der Waals surface area contributed by atoms with Gasteiger partial charge in [0, 0.05) is 16.5 Å². The Kier molecular flexibility index (Phi) is 6.41. The number of benzene rings is 4. The molecule has 38 heavy (non-hydrogen) atoms. The van der Waals surface area contributed by atoms with Crippen LogP contribution in [0.1, 0.15) is 98.3 Å². The van der Waals surface area contributed by atoms with Gasteiger partial charge >= 0.3 is 0 Å². The van der Waals surface area contributed by atoms with Crippen LogP contribution in [0.2, 0.25) is 0 Å². The van der Waals surface area contributed by atoms with Crippen molar-refractivity contribution in [3.63, 3.8) is 0 Å². The Balaban J connectivity index is 1.41. The predicted octanol–water partition coefficient (Wildman–Crippen LogP) is 10.2. The monoisotopic (exact) mass is 496 g/mol. The molecule has 7 rings (SSSR count). The Bertz CT molecular complexity index is 1420. The molecular weight excluding hydrogens is 460 g/mol. The van der Waals surface area contributed by atoms with Crippen molar-refractivity contribution < 1.29 is 0 Å². The standard InChI is InChI=1S/C36H36N2/c1-3-13-25(14-4-1)28-19-7-9-23-32(28)37-35-30-21-11-17-27-18-12-22-31(34(27)30)36(35)38-33-24-10-8-20-29(33)26-15-5-2-6-16-26/h7-12,17-26H,1-6,13-16H2. The van der Waals surface area contributed by atoms with E-state index in [0.717, 1.165) is 22.8 Å². The first-order chi connectivity index (χ1) is 18.9. The largest absolute Gasteiger partial charge is 0.246 e. The minimum Gasteiger partial charge on any atom is -0.246 e. The van der Waals surface area contributed by atoms with Crippen molar-refractivity contribution in [3.8, 4) is 0 Å². The van der Waals surface area contributed by atoms with Gasteiger partial charge in [-0.3, -0.25) is 0 Å². The van der Waals surface area contributed by atoms with Crippen LogP contribution in [0.25, 0.3) is 10.8 Å². The molecule has 2 nitrogen and oxygen atoms in total. The molecule has 0 spiro atoms. The first-order valence-corrected chi connectivity index (χ1v) is 14.7. The highest BCUT2D eigenvalue weighted by Gasteiger charge is 2.29. The molecule has 0 bridgehead atoms. The zero-order valence-electron chi connectivity index (χ0n) is 22.2. The third kappa shape index (κ3) is 4.30. The molecule has 2 heteroatoms. The van der Waals surface area contributed by atoms with E-state index in [0.29, 0.717) is 11.8 Å². The lowest BCUT2D eigenvalue weighted by Gasteiger charge is -2.23. The number of rotatable bonds is 4. The Hall–Kier alpha value is -3.52. The summed E-state index contributed by atoms with van der Waals surface area (Å²) >= 11 is 0. The molecule has 3 aliphatic rings. The summed E-state index contributed by atoms with van der Waals surface area (Å²) in [6, 6.07) is 31.0. The van der Waals surface area contributed by atoms with Crippen molar-refractivity contribution in [1.29, 1.82) is 0 Å². The van der Waals surface area contributed by atoms with Crippen LogP contribution in [0.3, 0.4) is 0 Å². The van der Waals surface area contributed by atoms with Gasteiger partial charge in [0.25, 0.3) is 0 Å². The molecule has 4 aromatic carbocycles. The highest BCUT2D eigenvalue weighted by Crippen LogP contribution is 2.41. The molecule has 2 saturated carbocycles. The molecule has 4 aromatic rings. The number of nitrogens with zero attached hydrogens (tertiary/aromatic N) is 2. The Morgan fingerprint density at radius 3 is 1.37 bits per heavy atom. The summed E-state index contributed by atoms with van der Waals surface area (Å²) in [5.74, 6) is 1.22. The second-order valence-electron chi connectivity index (χ2n) is 11.4. The van der Waals surface area contributed by atoms with Crippen molar-refractivity contribution in [2.24, 2.45) is 9.98 Å². The lowest BCUT2D eigenvalue weighted by molar-refractivity contribution is 0.444. The minimum absolute atomic E-state index is 0.608. The van der Waals surface area contributed by atoms with Crippen molar-refractivity contribution in [2.75, 3.05) is 0 Å². The molecule has 0 N–H and O–H groups in total. The van der Waals surface area contributed by atoms with E-state index in [1.807, 2.05) is 0 Å². The molecule has 190 valence electrons. The zero-order valence-corrected chi connectivity index (χ0v) is 22.2. The smallest absolute Gasteiger partial charge is 0.0978 e. The zero-order chi connectivity index (χ0) is 25.3. The van der Waals surface area contributed by atoms with Gasteiger partial charge in [-0.05, 0) is 66.2 Å². The molecule has 2 fully saturated rings. The van der Waals surface area contributed by atoms with Crippen molar-refractivity contribution in [2.45, 2.75) is 76.0 Å². The summed E-state index contributed by atoms with van der Waals surface area (Å²) in [5.41, 5.74) is 9.53. The van der Waals surface area contributed by atoms with Gasteiger partial charge in [0.05, 0.1) is 22.8 Å². The molecule has 0 aromatic heterocycles. The number of hydrogen-bond donors (Lipinski definition) is 0. The van der Waals surface area contributed by atoms with E-state index in [1.165, 1.54) is 97.2 Å². The maximum Gasteiger partial charge on any atom is 0.0978 e. The predicted molar refractivity (Wildman–Crippen MR) is 161 cm³/mol. The molecule has 0 radical (unpaired) electrons. The van der Waals surface area contributed by atoms with Gasteiger partial charge in [0.15, 0.2) is 0 Å². The minimum atomic E-state index is 0.608. The SMILES string of the molecule is c1ccc(C2CCCCC2)c(N=C2C(=Nc3ccccc3C3CCCCC3)c3cccc4cccc2c34)c1. The highest BCUT2D eigenvalue weighted by molar-refractivity contribution is 6.61. The maximum absolute atomic E-state index is 5.48. The van der Waals surface area contributed by atoms with Crippen LogP contribution in [0.4, 0.5) is 11.4 Å². The van der Waals surface area contributed by atoms with Crippen molar-refractivity contribution >= 4 is 33.6 Å². The normalized spacial score (nSPS) is 20.5. The Morgan fingerprint density at radius 2 is 0.895 bits per heavy atom. The second kappa shape index (κ2) is 10.3. The molecule has 0 heterocycles. The fraction of sp³-hybridized carbons (Fsp3) is 0.333. The average molecular weight is 497 g/mol. The highest BCUT2D eigenvalue weighted by atomic mass is 14.8. The summed E-state index contributed by atoms with van der Waals surface area (Å²) in [4.78, 5) is 11.0. The lowest BCUT2D eigenvalue weighted by atomic mass is 9.83. The molecule has 0 atom stereocenters. The topological polar surface area (TPSA) is 24.7 Å². The average Bonchev–Trinajstić information content (AvgIpc) is 3.28. The van der Waals surface area contributed by atoms with Crippen molar-refractivity contribution in [1.82, 2.24) is 0 Å². The fourth-order valence-electron chi connectivity index (χ4n) is 7.15. The van der Waals surface area contributed by atoms with Gasteiger partial charge in [-0.1, -0.05) is 111 Å². The fourth-order valence-corrected chi connectivity index (χ4v) is 7.15. The van der Waals surface area contributed by atoms with Crippen LogP contribution in [-0.4, -0.2) is 11.4 Å². The maximum atomic E-state index is 5.48. The molecular formula is C36H36N2. The van der Waals surface area contributed by atoms with E-state index in [4.69, 9.17) is 9.98 Å². The Morgan fingerprint density at radius 1 is 0.447 bits per heavy atom. The van der Waals surface area contributed by atoms with Crippen LogP contribution < -0.4 is 0 Å². The first kappa shape index (κ1) is 23.6. The molecule has 3 aliphatic carbocycles. The second-order valence-corrected chi connectivity index (χ2v) is 11.4. The summed E-state index contributed by atoms with van der Waals surface area (Å²) < 4.78 is 0. The molecule has 0 saturated heterocycles. The Labute approximate surface area is 226 Å². The van der Waals surface area contributed by atoms with Crippen molar-refractivity contribution in [3.05, 3.63) is 107 Å². The van der Waals surface area contributed by atoms with Gasteiger partial charge in [0.1, 0.15) is 0 Å². The number of para-hydroxylation sites is 2. The lowest BCUT2D eigenvalue weighted by Crippen LogP contribution is -2.12. The van der Waals surface area contributed by atoms with Gasteiger partial charge in [0.2, 0.25) is 0 Å². The van der Waals surface area contributed by atoms with E-state index in [2.05, 4.69) is 84.9 Å². The third-order valence-corrected chi connectivity index (χ3v) is 9.07. The van der Waals surface area contributed by atoms with Gasteiger partial charge in [-0.25, -0.2) is 9.98 Å². The summed E-state index contributed by atoms with van der Waals surface area (Å²) in [6.07, 6.45) is 13.1. The van der Waals surface area contributed by atoms with E-state index in [1.54, 1.807) is 0 Å². The number of hydrogen-bond acceptors (Lipinski definition) is 2. The van der Waals surface area contributed by atoms with E-state index in [-0.39, 0.29) is 0 Å². The van der Waals surface area contributed by atoms with Crippen LogP contribution in [0, 0.1) is 0 Å². The van der Waals surface area contributed by atoms with Crippen LogP contribution in [-0.2, 0) is 0 Å². The molecule has 0 aliphatic heterocycles. The molecule has 0 amide bonds. The van der Waals surface area contributed by atoms with E-state index in [9.17, 15) is 0 Å². The summed E-state index contributed by atoms with van der Waals surface area (Å²) in [5, 5.41) is 2.55. The van der Waals surface area contributed by atoms with Crippen LogP contribution >= 0.6 is 0 Å². The van der Waals surface area contributed by atoms with E-state index < -0.39 is 0 Å². The molecule has 0 unspecified atom stereocenters. The van der Waals surface area contributed by atoms with Gasteiger partial charge in [-0.2, -0.15) is 0 Å². The van der Waals surface area contributed by atoms with Gasteiger partial charge < -0.3 is 0 Å². The van der Waals surface area contributed by atoms with Crippen LogP contribution in [0.15, 0.2) is 94.9 Å². The third-order valence-electron chi connectivity index (χ3n) is 9.07. The van der Waals surface area contributed by atoms with Crippen LogP contribution in [0.5, 0.6) is 0 Å². The quantitative estimate of drug-likeness (QED) is 0.268. The summed E-state index contributed by atoms with van der Waals surface area (Å²) in [6.45, 7) is 0. The first-order valence-electron chi connectivity index (χ1n) is 14.7. The summed E-state index contributed by atoms with van der Waals surface area (Å²) in [7, 11) is 0. The van der Waals surface area contributed by atoms with Gasteiger partial charge in [-0.15, -0.1) is 0 Å².